The summed E-state index contributed by atoms with van der Waals surface area (Å²) in [7, 11) is 0. The molecule has 3 N–H and O–H groups in total. The molecular weight excluding hydrogens is 358 g/mol. The summed E-state index contributed by atoms with van der Waals surface area (Å²) < 4.78 is 0. The minimum atomic E-state index is -0.465. The summed E-state index contributed by atoms with van der Waals surface area (Å²) in [4.78, 5) is 27.7. The van der Waals surface area contributed by atoms with Crippen molar-refractivity contribution in [1.82, 2.24) is 4.90 Å². The zero-order valence-electron chi connectivity index (χ0n) is 14.1. The highest BCUT2D eigenvalue weighted by atomic mass is 35.5. The second kappa shape index (κ2) is 8.47. The SMILES string of the molecule is CCN1CCc2c(sc(NC(=O)Cc3ccccc3)c2C(N)=O)C1.Cl. The van der Waals surface area contributed by atoms with Gasteiger partial charge < -0.3 is 11.1 Å². The van der Waals surface area contributed by atoms with Crippen molar-refractivity contribution < 1.29 is 9.59 Å². The Hall–Kier alpha value is -1.89. The molecule has 5 nitrogen and oxygen atoms in total. The van der Waals surface area contributed by atoms with Gasteiger partial charge in [-0.1, -0.05) is 37.3 Å². The van der Waals surface area contributed by atoms with E-state index in [0.717, 1.165) is 42.1 Å². The molecule has 0 unspecified atom stereocenters. The van der Waals surface area contributed by atoms with Crippen molar-refractivity contribution >= 4 is 40.6 Å². The maximum Gasteiger partial charge on any atom is 0.251 e. The van der Waals surface area contributed by atoms with Gasteiger partial charge in [0.15, 0.2) is 0 Å². The molecule has 3 rings (SSSR count). The number of hydrogen-bond acceptors (Lipinski definition) is 4. The lowest BCUT2D eigenvalue weighted by molar-refractivity contribution is -0.115. The zero-order valence-corrected chi connectivity index (χ0v) is 15.7. The number of nitrogens with zero attached hydrogens (tertiary/aromatic N) is 1. The first kappa shape index (κ1) is 19.4. The predicted octanol–water partition coefficient (Wildman–Crippen LogP) is 2.83. The van der Waals surface area contributed by atoms with Crippen LogP contribution in [-0.4, -0.2) is 29.8 Å². The number of carbonyl (C=O) groups excluding carboxylic acids is 2. The lowest BCUT2D eigenvalue weighted by Crippen LogP contribution is -2.30. The Morgan fingerprint density at radius 3 is 2.64 bits per heavy atom. The van der Waals surface area contributed by atoms with Crippen LogP contribution < -0.4 is 11.1 Å². The monoisotopic (exact) mass is 379 g/mol. The Balaban J connectivity index is 0.00000225. The Morgan fingerprint density at radius 2 is 2.00 bits per heavy atom. The fourth-order valence-electron chi connectivity index (χ4n) is 3.03. The summed E-state index contributed by atoms with van der Waals surface area (Å²) >= 11 is 1.47. The van der Waals surface area contributed by atoms with Crippen molar-refractivity contribution in [2.45, 2.75) is 26.3 Å². The lowest BCUT2D eigenvalue weighted by Gasteiger charge is -2.25. The van der Waals surface area contributed by atoms with E-state index in [0.29, 0.717) is 10.6 Å². The molecule has 0 aliphatic carbocycles. The first-order valence-electron chi connectivity index (χ1n) is 8.09. The van der Waals surface area contributed by atoms with Gasteiger partial charge in [-0.05, 0) is 24.1 Å². The number of benzene rings is 1. The first-order valence-corrected chi connectivity index (χ1v) is 8.90. The van der Waals surface area contributed by atoms with Crippen LogP contribution in [-0.2, 0) is 24.2 Å². The second-order valence-corrected chi connectivity index (χ2v) is 7.01. The largest absolute Gasteiger partial charge is 0.365 e. The van der Waals surface area contributed by atoms with Crippen LogP contribution in [0.4, 0.5) is 5.00 Å². The van der Waals surface area contributed by atoms with Crippen LogP contribution in [0, 0.1) is 0 Å². The topological polar surface area (TPSA) is 75.4 Å². The maximum atomic E-state index is 12.3. The van der Waals surface area contributed by atoms with Gasteiger partial charge in [0.05, 0.1) is 12.0 Å². The van der Waals surface area contributed by atoms with Crippen LogP contribution >= 0.6 is 23.7 Å². The quantitative estimate of drug-likeness (QED) is 0.838. The highest BCUT2D eigenvalue weighted by Gasteiger charge is 2.27. The summed E-state index contributed by atoms with van der Waals surface area (Å²) in [6, 6.07) is 9.54. The first-order chi connectivity index (χ1) is 11.6. The van der Waals surface area contributed by atoms with Gasteiger partial charge in [0.25, 0.3) is 5.91 Å². The Bertz CT molecular complexity index is 761. The van der Waals surface area contributed by atoms with E-state index in [9.17, 15) is 9.59 Å². The number of fused-ring (bicyclic) bond motifs is 1. The van der Waals surface area contributed by atoms with E-state index < -0.39 is 5.91 Å². The second-order valence-electron chi connectivity index (χ2n) is 5.90. The van der Waals surface area contributed by atoms with E-state index >= 15 is 0 Å². The van der Waals surface area contributed by atoms with Crippen molar-refractivity contribution in [3.63, 3.8) is 0 Å². The molecule has 2 heterocycles. The molecule has 0 saturated carbocycles. The van der Waals surface area contributed by atoms with Crippen LogP contribution in [0.1, 0.15) is 33.3 Å². The number of nitrogens with one attached hydrogen (secondary N) is 1. The van der Waals surface area contributed by atoms with E-state index in [4.69, 9.17) is 5.73 Å². The fourth-order valence-corrected chi connectivity index (χ4v) is 4.34. The third kappa shape index (κ3) is 4.39. The smallest absolute Gasteiger partial charge is 0.251 e. The lowest BCUT2D eigenvalue weighted by atomic mass is 10.0. The summed E-state index contributed by atoms with van der Waals surface area (Å²) in [6.07, 6.45) is 1.08. The molecule has 2 amide bonds. The van der Waals surface area contributed by atoms with Crippen molar-refractivity contribution in [1.29, 1.82) is 0 Å². The molecule has 0 atom stereocenters. The molecule has 0 radical (unpaired) electrons. The summed E-state index contributed by atoms with van der Waals surface area (Å²) in [5.74, 6) is -0.595. The van der Waals surface area contributed by atoms with Gasteiger partial charge in [0.1, 0.15) is 5.00 Å². The van der Waals surface area contributed by atoms with Crippen molar-refractivity contribution in [3.05, 3.63) is 51.9 Å². The van der Waals surface area contributed by atoms with E-state index in [2.05, 4.69) is 17.1 Å². The van der Waals surface area contributed by atoms with E-state index in [-0.39, 0.29) is 24.7 Å². The third-order valence-corrected chi connectivity index (χ3v) is 5.42. The molecule has 7 heteroatoms. The van der Waals surface area contributed by atoms with E-state index in [1.807, 2.05) is 30.3 Å². The summed E-state index contributed by atoms with van der Waals surface area (Å²) in [5.41, 5.74) is 8.02. The van der Waals surface area contributed by atoms with Crippen LogP contribution in [0.5, 0.6) is 0 Å². The highest BCUT2D eigenvalue weighted by molar-refractivity contribution is 7.17. The molecule has 134 valence electrons. The van der Waals surface area contributed by atoms with Crippen molar-refractivity contribution in [2.24, 2.45) is 5.73 Å². The van der Waals surface area contributed by atoms with E-state index in [1.165, 1.54) is 11.3 Å². The third-order valence-electron chi connectivity index (χ3n) is 4.29. The van der Waals surface area contributed by atoms with E-state index in [1.54, 1.807) is 0 Å². The Labute approximate surface area is 157 Å². The molecule has 0 saturated heterocycles. The molecular formula is C18H22ClN3O2S. The van der Waals surface area contributed by atoms with Gasteiger partial charge in [0.2, 0.25) is 5.91 Å². The number of hydrogen-bond donors (Lipinski definition) is 2. The van der Waals surface area contributed by atoms with Crippen LogP contribution in [0.2, 0.25) is 0 Å². The number of rotatable bonds is 5. The van der Waals surface area contributed by atoms with Gasteiger partial charge in [0, 0.05) is 18.0 Å². The number of nitrogens with two attached hydrogens (primary N) is 1. The molecule has 25 heavy (non-hydrogen) atoms. The van der Waals surface area contributed by atoms with Crippen molar-refractivity contribution in [2.75, 3.05) is 18.4 Å². The molecule has 0 fully saturated rings. The molecule has 1 aliphatic rings. The zero-order chi connectivity index (χ0) is 17.1. The van der Waals surface area contributed by atoms with Crippen LogP contribution in [0.25, 0.3) is 0 Å². The molecule has 0 bridgehead atoms. The Kier molecular flexibility index (Phi) is 6.58. The minimum absolute atomic E-state index is 0. The predicted molar refractivity (Wildman–Crippen MR) is 104 cm³/mol. The highest BCUT2D eigenvalue weighted by Crippen LogP contribution is 2.36. The van der Waals surface area contributed by atoms with Gasteiger partial charge in [-0.3, -0.25) is 14.5 Å². The van der Waals surface area contributed by atoms with Crippen LogP contribution in [0.15, 0.2) is 30.3 Å². The van der Waals surface area contributed by atoms with Gasteiger partial charge >= 0.3 is 0 Å². The number of likely N-dealkylation sites (N-methyl/N-ethyl adjacent to an activating group) is 1. The number of anilines is 1. The van der Waals surface area contributed by atoms with Crippen molar-refractivity contribution in [3.8, 4) is 0 Å². The fraction of sp³-hybridized carbons (Fsp3) is 0.333. The molecule has 1 aliphatic heterocycles. The van der Waals surface area contributed by atoms with Crippen LogP contribution in [0.3, 0.4) is 0 Å². The van der Waals surface area contributed by atoms with Gasteiger partial charge in [-0.2, -0.15) is 0 Å². The number of thiophene rings is 1. The number of halogens is 1. The van der Waals surface area contributed by atoms with Gasteiger partial charge in [-0.15, -0.1) is 23.7 Å². The summed E-state index contributed by atoms with van der Waals surface area (Å²) in [5, 5.41) is 3.48. The molecule has 0 spiro atoms. The van der Waals surface area contributed by atoms with Gasteiger partial charge in [-0.25, -0.2) is 0 Å². The Morgan fingerprint density at radius 1 is 1.28 bits per heavy atom. The minimum Gasteiger partial charge on any atom is -0.365 e. The number of amides is 2. The average molecular weight is 380 g/mol. The number of primary amides is 1. The normalized spacial score (nSPS) is 13.6. The summed E-state index contributed by atoms with van der Waals surface area (Å²) in [6.45, 7) is 4.82. The average Bonchev–Trinajstić information content (AvgIpc) is 2.92. The molecule has 1 aromatic carbocycles. The molecule has 1 aromatic heterocycles. The number of carbonyl (C=O) groups is 2. The standard InChI is InChI=1S/C18H21N3O2S.ClH/c1-2-21-9-8-13-14(11-21)24-18(16(13)17(19)23)20-15(22)10-12-6-4-3-5-7-12;/h3-7H,2,8-11H2,1H3,(H2,19,23)(H,20,22);1H. The molecule has 2 aromatic rings. The maximum absolute atomic E-state index is 12.3.